The molecular formula is C20H27N5O. The van der Waals surface area contributed by atoms with Gasteiger partial charge in [0.15, 0.2) is 0 Å². The van der Waals surface area contributed by atoms with Gasteiger partial charge >= 0.3 is 0 Å². The number of amides is 1. The first-order valence-corrected chi connectivity index (χ1v) is 9.26. The van der Waals surface area contributed by atoms with Gasteiger partial charge in [-0.05, 0) is 50.8 Å². The first kappa shape index (κ1) is 18.2. The number of carbonyl (C=O) groups excluding carboxylic acids is 1. The zero-order valence-corrected chi connectivity index (χ0v) is 15.4. The number of piperidine rings is 1. The Bertz CT molecular complexity index is 723. The molecule has 1 aliphatic heterocycles. The molecular weight excluding hydrogens is 326 g/mol. The number of nitrogens with zero attached hydrogens (tertiary/aromatic N) is 4. The molecule has 6 nitrogen and oxygen atoms in total. The maximum atomic E-state index is 13.0. The van der Waals surface area contributed by atoms with Crippen molar-refractivity contribution in [3.63, 3.8) is 0 Å². The van der Waals surface area contributed by atoms with Crippen molar-refractivity contribution in [2.45, 2.75) is 45.2 Å². The Morgan fingerprint density at radius 3 is 2.96 bits per heavy atom. The van der Waals surface area contributed by atoms with Crippen LogP contribution in [0.25, 0.3) is 0 Å². The molecule has 3 rings (SSSR count). The molecule has 1 amide bonds. The second-order valence-corrected chi connectivity index (χ2v) is 6.95. The Morgan fingerprint density at radius 2 is 2.27 bits per heavy atom. The van der Waals surface area contributed by atoms with Crippen molar-refractivity contribution in [2.75, 3.05) is 18.4 Å². The molecule has 1 fully saturated rings. The standard InChI is InChI=1S/C20H27N5O/c1-16(2)14-21-19-8-7-17(15-22-19)20(26)25-12-4-3-6-18(25)9-13-24-11-5-10-23-24/h5,7-8,10-11,15,18H,1,3-4,6,9,12-14H2,2H3,(H,21,22)/t18-/m0/s1. The number of aryl methyl sites for hydroxylation is 1. The van der Waals surface area contributed by atoms with Gasteiger partial charge < -0.3 is 10.2 Å². The van der Waals surface area contributed by atoms with E-state index in [1.54, 1.807) is 12.4 Å². The highest BCUT2D eigenvalue weighted by Gasteiger charge is 2.27. The minimum atomic E-state index is 0.0779. The fourth-order valence-corrected chi connectivity index (χ4v) is 3.31. The normalized spacial score (nSPS) is 17.1. The highest BCUT2D eigenvalue weighted by Crippen LogP contribution is 2.22. The molecule has 1 atom stereocenters. The van der Waals surface area contributed by atoms with Gasteiger partial charge in [-0.1, -0.05) is 12.2 Å². The molecule has 0 radical (unpaired) electrons. The lowest BCUT2D eigenvalue weighted by atomic mass is 9.98. The number of aromatic nitrogens is 3. The minimum Gasteiger partial charge on any atom is -0.366 e. The van der Waals surface area contributed by atoms with Crippen LogP contribution in [0.5, 0.6) is 0 Å². The summed E-state index contributed by atoms with van der Waals surface area (Å²) < 4.78 is 1.93. The molecule has 1 N–H and O–H groups in total. The van der Waals surface area contributed by atoms with Gasteiger partial charge in [-0.15, -0.1) is 0 Å². The molecule has 0 spiro atoms. The van der Waals surface area contributed by atoms with E-state index in [9.17, 15) is 4.79 Å². The summed E-state index contributed by atoms with van der Waals surface area (Å²) in [5.74, 6) is 0.840. The molecule has 6 heteroatoms. The highest BCUT2D eigenvalue weighted by atomic mass is 16.2. The van der Waals surface area contributed by atoms with Gasteiger partial charge in [0.05, 0.1) is 5.56 Å². The third-order valence-electron chi connectivity index (χ3n) is 4.72. The molecule has 2 aromatic heterocycles. The average molecular weight is 353 g/mol. The number of pyridine rings is 1. The summed E-state index contributed by atoms with van der Waals surface area (Å²) in [5.41, 5.74) is 1.69. The molecule has 0 aromatic carbocycles. The summed E-state index contributed by atoms with van der Waals surface area (Å²) in [6, 6.07) is 5.91. The molecule has 26 heavy (non-hydrogen) atoms. The lowest BCUT2D eigenvalue weighted by molar-refractivity contribution is 0.0593. The smallest absolute Gasteiger partial charge is 0.255 e. The zero-order chi connectivity index (χ0) is 18.4. The Labute approximate surface area is 154 Å². The summed E-state index contributed by atoms with van der Waals surface area (Å²) in [5, 5.41) is 7.45. The van der Waals surface area contributed by atoms with Gasteiger partial charge in [0.25, 0.3) is 5.91 Å². The molecule has 0 aliphatic carbocycles. The summed E-state index contributed by atoms with van der Waals surface area (Å²) in [7, 11) is 0. The number of carbonyl (C=O) groups is 1. The number of nitrogens with one attached hydrogen (secondary N) is 1. The Hall–Kier alpha value is -2.63. The van der Waals surface area contributed by atoms with Crippen LogP contribution in [0.2, 0.25) is 0 Å². The summed E-state index contributed by atoms with van der Waals surface area (Å²) in [6.07, 6.45) is 9.65. The van der Waals surface area contributed by atoms with Crippen molar-refractivity contribution >= 4 is 11.7 Å². The van der Waals surface area contributed by atoms with Crippen LogP contribution in [-0.4, -0.2) is 44.7 Å². The van der Waals surface area contributed by atoms with E-state index in [2.05, 4.69) is 22.0 Å². The van der Waals surface area contributed by atoms with Gasteiger partial charge in [0.2, 0.25) is 0 Å². The third-order valence-corrected chi connectivity index (χ3v) is 4.72. The lowest BCUT2D eigenvalue weighted by Crippen LogP contribution is -2.44. The van der Waals surface area contributed by atoms with Crippen molar-refractivity contribution in [3.05, 3.63) is 54.5 Å². The molecule has 0 bridgehead atoms. The predicted molar refractivity (Wildman–Crippen MR) is 103 cm³/mol. The number of anilines is 1. The Morgan fingerprint density at radius 1 is 1.38 bits per heavy atom. The number of rotatable bonds is 7. The predicted octanol–water partition coefficient (Wildman–Crippen LogP) is 3.35. The quantitative estimate of drug-likeness (QED) is 0.776. The first-order chi connectivity index (χ1) is 12.6. The Balaban J connectivity index is 1.62. The largest absolute Gasteiger partial charge is 0.366 e. The van der Waals surface area contributed by atoms with E-state index < -0.39 is 0 Å². The molecule has 1 saturated heterocycles. The molecule has 0 unspecified atom stereocenters. The van der Waals surface area contributed by atoms with Gasteiger partial charge in [-0.2, -0.15) is 5.10 Å². The zero-order valence-electron chi connectivity index (χ0n) is 15.4. The number of likely N-dealkylation sites (tertiary alicyclic amines) is 1. The van der Waals surface area contributed by atoms with E-state index in [1.165, 1.54) is 6.42 Å². The summed E-state index contributed by atoms with van der Waals surface area (Å²) in [4.78, 5) is 19.4. The van der Waals surface area contributed by atoms with Crippen LogP contribution >= 0.6 is 0 Å². The Kier molecular flexibility index (Phi) is 6.04. The summed E-state index contributed by atoms with van der Waals surface area (Å²) >= 11 is 0. The van der Waals surface area contributed by atoms with Crippen LogP contribution in [0.4, 0.5) is 5.82 Å². The molecule has 138 valence electrons. The molecule has 1 aliphatic rings. The van der Waals surface area contributed by atoms with Gasteiger partial charge in [-0.3, -0.25) is 9.48 Å². The maximum absolute atomic E-state index is 13.0. The van der Waals surface area contributed by atoms with Crippen molar-refractivity contribution in [2.24, 2.45) is 0 Å². The fourth-order valence-electron chi connectivity index (χ4n) is 3.31. The SMILES string of the molecule is C=C(C)CNc1ccc(C(=O)N2CCCC[C@H]2CCn2cccn2)cn1. The molecule has 0 saturated carbocycles. The van der Waals surface area contributed by atoms with Crippen LogP contribution in [0.1, 0.15) is 43.0 Å². The minimum absolute atomic E-state index is 0.0779. The van der Waals surface area contributed by atoms with E-state index in [-0.39, 0.29) is 11.9 Å². The van der Waals surface area contributed by atoms with Crippen molar-refractivity contribution in [1.29, 1.82) is 0 Å². The van der Waals surface area contributed by atoms with E-state index in [0.717, 1.165) is 43.7 Å². The van der Waals surface area contributed by atoms with Gasteiger partial charge in [0, 0.05) is 44.3 Å². The molecule has 3 heterocycles. The highest BCUT2D eigenvalue weighted by molar-refractivity contribution is 5.94. The third kappa shape index (κ3) is 4.71. The van der Waals surface area contributed by atoms with Gasteiger partial charge in [-0.25, -0.2) is 4.98 Å². The second-order valence-electron chi connectivity index (χ2n) is 6.95. The van der Waals surface area contributed by atoms with Crippen LogP contribution in [0.3, 0.4) is 0 Å². The van der Waals surface area contributed by atoms with E-state index in [1.807, 2.05) is 40.9 Å². The van der Waals surface area contributed by atoms with Crippen LogP contribution < -0.4 is 5.32 Å². The monoisotopic (exact) mass is 353 g/mol. The van der Waals surface area contributed by atoms with E-state index in [0.29, 0.717) is 12.1 Å². The van der Waals surface area contributed by atoms with Crippen molar-refractivity contribution in [3.8, 4) is 0 Å². The number of hydrogen-bond acceptors (Lipinski definition) is 4. The van der Waals surface area contributed by atoms with Gasteiger partial charge in [0.1, 0.15) is 5.82 Å². The molecule has 2 aromatic rings. The van der Waals surface area contributed by atoms with Crippen molar-refractivity contribution in [1.82, 2.24) is 19.7 Å². The van der Waals surface area contributed by atoms with Crippen molar-refractivity contribution < 1.29 is 4.79 Å². The summed E-state index contributed by atoms with van der Waals surface area (Å²) in [6.45, 7) is 8.16. The topological polar surface area (TPSA) is 63.1 Å². The van der Waals surface area contributed by atoms with E-state index >= 15 is 0 Å². The second kappa shape index (κ2) is 8.65. The first-order valence-electron chi connectivity index (χ1n) is 9.26. The van der Waals surface area contributed by atoms with Crippen LogP contribution in [0, 0.1) is 0 Å². The number of hydrogen-bond donors (Lipinski definition) is 1. The average Bonchev–Trinajstić information content (AvgIpc) is 3.18. The van der Waals surface area contributed by atoms with Crippen LogP contribution in [-0.2, 0) is 6.54 Å². The lowest BCUT2D eigenvalue weighted by Gasteiger charge is -2.36. The fraction of sp³-hybridized carbons (Fsp3) is 0.450. The maximum Gasteiger partial charge on any atom is 0.255 e. The van der Waals surface area contributed by atoms with E-state index in [4.69, 9.17) is 0 Å². The van der Waals surface area contributed by atoms with Crippen LogP contribution in [0.15, 0.2) is 48.9 Å².